The molecule has 17 heavy (non-hydrogen) atoms. The van der Waals surface area contributed by atoms with Crippen molar-refractivity contribution in [3.8, 4) is 0 Å². The first-order valence-corrected chi connectivity index (χ1v) is 5.27. The van der Waals surface area contributed by atoms with Gasteiger partial charge in [-0.2, -0.15) is 13.2 Å². The van der Waals surface area contributed by atoms with Crippen LogP contribution in [0, 0.1) is 0 Å². The molecule has 2 rings (SSSR count). The largest absolute Gasteiger partial charge is 0.411 e. The van der Waals surface area contributed by atoms with Gasteiger partial charge in [-0.25, -0.2) is 4.99 Å². The molecule has 0 spiro atoms. The van der Waals surface area contributed by atoms with E-state index in [9.17, 15) is 13.2 Å². The highest BCUT2D eigenvalue weighted by Crippen LogP contribution is 2.27. The second-order valence-electron chi connectivity index (χ2n) is 3.57. The van der Waals surface area contributed by atoms with Gasteiger partial charge in [0.2, 0.25) is 0 Å². The van der Waals surface area contributed by atoms with Crippen molar-refractivity contribution in [1.82, 2.24) is 0 Å². The molecule has 0 fully saturated rings. The fourth-order valence-corrected chi connectivity index (χ4v) is 1.65. The van der Waals surface area contributed by atoms with Crippen LogP contribution >= 0.6 is 11.6 Å². The minimum Gasteiger partial charge on any atom is -0.253 e. The molecule has 1 aliphatic heterocycles. The maximum Gasteiger partial charge on any atom is 0.411 e. The summed E-state index contributed by atoms with van der Waals surface area (Å²) >= 11 is 5.76. The van der Waals surface area contributed by atoms with Crippen molar-refractivity contribution in [3.63, 3.8) is 0 Å². The van der Waals surface area contributed by atoms with Crippen LogP contribution in [0.2, 0.25) is 5.02 Å². The lowest BCUT2D eigenvalue weighted by atomic mass is 10.1. The maximum atomic E-state index is 12.5. The summed E-state index contributed by atoms with van der Waals surface area (Å²) in [5, 5.41) is 0.439. The third kappa shape index (κ3) is 2.85. The molecule has 1 aromatic rings. The quantitative estimate of drug-likeness (QED) is 0.738. The predicted octanol–water partition coefficient (Wildman–Crippen LogP) is 3.49. The van der Waals surface area contributed by atoms with Crippen LogP contribution in [-0.4, -0.2) is 24.3 Å². The van der Waals surface area contributed by atoms with Gasteiger partial charge in [-0.05, 0) is 12.1 Å². The Balaban J connectivity index is 2.33. The average molecular weight is 261 g/mol. The lowest BCUT2D eigenvalue weighted by molar-refractivity contribution is -0.145. The summed E-state index contributed by atoms with van der Waals surface area (Å²) in [6.45, 7) is 0. The van der Waals surface area contributed by atoms with Crippen molar-refractivity contribution >= 4 is 23.7 Å². The van der Waals surface area contributed by atoms with E-state index in [0.717, 1.165) is 0 Å². The van der Waals surface area contributed by atoms with E-state index >= 15 is 0 Å². The topological polar surface area (TPSA) is 24.7 Å². The first-order valence-electron chi connectivity index (χ1n) is 4.90. The normalized spacial score (nSPS) is 20.2. The second kappa shape index (κ2) is 4.49. The van der Waals surface area contributed by atoms with E-state index < -0.39 is 12.2 Å². The van der Waals surface area contributed by atoms with Crippen molar-refractivity contribution in [1.29, 1.82) is 0 Å². The van der Waals surface area contributed by atoms with Crippen LogP contribution in [-0.2, 0) is 0 Å². The molecule has 0 saturated carbocycles. The van der Waals surface area contributed by atoms with Gasteiger partial charge < -0.3 is 0 Å². The van der Waals surface area contributed by atoms with Gasteiger partial charge in [0.15, 0.2) is 11.9 Å². The monoisotopic (exact) mass is 260 g/mol. The Hall–Kier alpha value is -1.36. The molecule has 6 heteroatoms. The molecule has 2 nitrogen and oxygen atoms in total. The standard InChI is InChI=1S/C11H8ClF3N2/c12-8-3-1-2-7(6-8)10-16-5-4-9(17-10)11(13,14)15/h1-3,5-6,9H,4H2. The number of hydrogen-bond acceptors (Lipinski definition) is 2. The Morgan fingerprint density at radius 1 is 1.29 bits per heavy atom. The number of rotatable bonds is 1. The van der Waals surface area contributed by atoms with Gasteiger partial charge in [0.05, 0.1) is 0 Å². The minimum atomic E-state index is -4.34. The zero-order valence-corrected chi connectivity index (χ0v) is 9.33. The third-order valence-corrected chi connectivity index (χ3v) is 2.52. The summed E-state index contributed by atoms with van der Waals surface area (Å²) < 4.78 is 37.5. The molecule has 1 heterocycles. The average Bonchev–Trinajstić information content (AvgIpc) is 2.28. The van der Waals surface area contributed by atoms with Crippen LogP contribution in [0.25, 0.3) is 0 Å². The van der Waals surface area contributed by atoms with Crippen molar-refractivity contribution in [2.24, 2.45) is 9.98 Å². The predicted molar refractivity (Wildman–Crippen MR) is 60.9 cm³/mol. The molecule has 1 atom stereocenters. The van der Waals surface area contributed by atoms with Crippen molar-refractivity contribution < 1.29 is 13.2 Å². The van der Waals surface area contributed by atoms with Crippen molar-refractivity contribution in [3.05, 3.63) is 34.9 Å². The van der Waals surface area contributed by atoms with Crippen molar-refractivity contribution in [2.75, 3.05) is 0 Å². The molecule has 1 unspecified atom stereocenters. The minimum absolute atomic E-state index is 0.0704. The first kappa shape index (κ1) is 12.1. The Morgan fingerprint density at radius 2 is 2.06 bits per heavy atom. The fraction of sp³-hybridized carbons (Fsp3) is 0.273. The van der Waals surface area contributed by atoms with Gasteiger partial charge in [0, 0.05) is 23.2 Å². The summed E-state index contributed by atoms with van der Waals surface area (Å²) in [5.74, 6) is 0.0704. The van der Waals surface area contributed by atoms with E-state index in [2.05, 4.69) is 9.98 Å². The lowest BCUT2D eigenvalue weighted by Crippen LogP contribution is -2.30. The molecule has 0 amide bonds. The highest BCUT2D eigenvalue weighted by atomic mass is 35.5. The summed E-state index contributed by atoms with van der Waals surface area (Å²) in [6.07, 6.45) is -3.31. The number of alkyl halides is 3. The zero-order chi connectivity index (χ0) is 12.5. The highest BCUT2D eigenvalue weighted by molar-refractivity contribution is 6.31. The maximum absolute atomic E-state index is 12.5. The Labute approximate surface area is 101 Å². The van der Waals surface area contributed by atoms with Gasteiger partial charge in [-0.15, -0.1) is 0 Å². The molecule has 0 saturated heterocycles. The molecule has 0 radical (unpaired) electrons. The van der Waals surface area contributed by atoms with Crippen LogP contribution in [0.4, 0.5) is 13.2 Å². The molecule has 0 aromatic heterocycles. The molecule has 1 aromatic carbocycles. The summed E-state index contributed by atoms with van der Waals surface area (Å²) in [5.41, 5.74) is 0.489. The first-order chi connectivity index (χ1) is 7.97. The van der Waals surface area contributed by atoms with E-state index in [1.54, 1.807) is 18.2 Å². The Bertz CT molecular complexity index is 480. The molecule has 1 aliphatic rings. The van der Waals surface area contributed by atoms with Crippen LogP contribution in [0.5, 0.6) is 0 Å². The number of nitrogens with zero attached hydrogens (tertiary/aromatic N) is 2. The summed E-state index contributed by atoms with van der Waals surface area (Å²) in [6, 6.07) is 4.73. The number of benzene rings is 1. The number of halogens is 4. The number of amidine groups is 1. The van der Waals surface area contributed by atoms with Gasteiger partial charge in [-0.1, -0.05) is 23.7 Å². The second-order valence-corrected chi connectivity index (χ2v) is 4.00. The Kier molecular flexibility index (Phi) is 3.19. The Morgan fingerprint density at radius 3 is 2.71 bits per heavy atom. The SMILES string of the molecule is FC(F)(F)C1CC=NC(c2cccc(Cl)c2)=N1. The number of aliphatic imine (C=N–C) groups is 2. The summed E-state index contributed by atoms with van der Waals surface area (Å²) in [7, 11) is 0. The van der Waals surface area contributed by atoms with E-state index in [1.165, 1.54) is 12.3 Å². The van der Waals surface area contributed by atoms with Crippen LogP contribution in [0.3, 0.4) is 0 Å². The molecular formula is C11H8ClF3N2. The van der Waals surface area contributed by atoms with Gasteiger partial charge in [0.25, 0.3) is 0 Å². The van der Waals surface area contributed by atoms with E-state index in [4.69, 9.17) is 11.6 Å². The van der Waals surface area contributed by atoms with Crippen LogP contribution in [0.1, 0.15) is 12.0 Å². The van der Waals surface area contributed by atoms with Crippen LogP contribution in [0.15, 0.2) is 34.3 Å². The van der Waals surface area contributed by atoms with E-state index in [-0.39, 0.29) is 12.3 Å². The molecule has 0 N–H and O–H groups in total. The van der Waals surface area contributed by atoms with Crippen LogP contribution < -0.4 is 0 Å². The molecule has 0 bridgehead atoms. The van der Waals surface area contributed by atoms with Crippen molar-refractivity contribution in [2.45, 2.75) is 18.6 Å². The summed E-state index contributed by atoms with van der Waals surface area (Å²) in [4.78, 5) is 7.47. The fourth-order valence-electron chi connectivity index (χ4n) is 1.46. The smallest absolute Gasteiger partial charge is 0.253 e. The molecule has 90 valence electrons. The molecular weight excluding hydrogens is 253 g/mol. The third-order valence-electron chi connectivity index (χ3n) is 2.28. The zero-order valence-electron chi connectivity index (χ0n) is 8.58. The van der Waals surface area contributed by atoms with Gasteiger partial charge in [-0.3, -0.25) is 4.99 Å². The van der Waals surface area contributed by atoms with E-state index in [0.29, 0.717) is 10.6 Å². The lowest BCUT2D eigenvalue weighted by Gasteiger charge is -2.18. The van der Waals surface area contributed by atoms with Gasteiger partial charge in [0.1, 0.15) is 0 Å². The number of hydrogen-bond donors (Lipinski definition) is 0. The molecule has 0 aliphatic carbocycles. The van der Waals surface area contributed by atoms with E-state index in [1.807, 2.05) is 0 Å². The highest BCUT2D eigenvalue weighted by Gasteiger charge is 2.40. The van der Waals surface area contributed by atoms with Gasteiger partial charge >= 0.3 is 6.18 Å².